The SMILES string of the molecule is CC(C)(F)C(=O)OC1C2OC(=O)C3CC4CC41C32. The summed E-state index contributed by atoms with van der Waals surface area (Å²) in [5, 5.41) is 0. The summed E-state index contributed by atoms with van der Waals surface area (Å²) in [5.74, 6) is -0.318. The minimum atomic E-state index is -1.99. The third kappa shape index (κ3) is 0.986. The maximum Gasteiger partial charge on any atom is 0.343 e. The summed E-state index contributed by atoms with van der Waals surface area (Å²) in [6.45, 7) is 2.37. The molecule has 0 radical (unpaired) electrons. The lowest BCUT2D eigenvalue weighted by molar-refractivity contribution is -0.205. The van der Waals surface area contributed by atoms with Crippen LogP contribution in [0, 0.1) is 23.2 Å². The van der Waals surface area contributed by atoms with Gasteiger partial charge in [-0.05, 0) is 32.6 Å². The van der Waals surface area contributed by atoms with E-state index < -0.39 is 17.7 Å². The van der Waals surface area contributed by atoms with Gasteiger partial charge in [-0.15, -0.1) is 0 Å². The first kappa shape index (κ1) is 10.8. The average Bonchev–Trinajstić information content (AvgIpc) is 2.81. The van der Waals surface area contributed by atoms with E-state index >= 15 is 0 Å². The van der Waals surface area contributed by atoms with Crippen molar-refractivity contribution in [2.24, 2.45) is 23.2 Å². The second-order valence-corrected chi connectivity index (χ2v) is 6.58. The minimum absolute atomic E-state index is 0.00193. The molecule has 0 amide bonds. The molecule has 0 bridgehead atoms. The molecule has 3 saturated carbocycles. The summed E-state index contributed by atoms with van der Waals surface area (Å²) in [6, 6.07) is 0. The van der Waals surface area contributed by atoms with Gasteiger partial charge in [0.05, 0.1) is 5.92 Å². The van der Waals surface area contributed by atoms with Crippen LogP contribution in [0.5, 0.6) is 0 Å². The largest absolute Gasteiger partial charge is 0.458 e. The lowest BCUT2D eigenvalue weighted by Crippen LogP contribution is -2.58. The van der Waals surface area contributed by atoms with Crippen molar-refractivity contribution in [1.29, 1.82) is 0 Å². The highest BCUT2D eigenvalue weighted by molar-refractivity contribution is 5.81. The van der Waals surface area contributed by atoms with Crippen LogP contribution in [-0.2, 0) is 19.1 Å². The molecule has 0 N–H and O–H groups in total. The number of halogens is 1. The van der Waals surface area contributed by atoms with Crippen molar-refractivity contribution in [2.75, 3.05) is 0 Å². The Bertz CT molecular complexity index is 468. The van der Waals surface area contributed by atoms with E-state index in [2.05, 4.69) is 0 Å². The number of alkyl halides is 1. The molecule has 0 aromatic rings. The molecule has 3 aliphatic carbocycles. The van der Waals surface area contributed by atoms with Gasteiger partial charge in [-0.1, -0.05) is 0 Å². The highest BCUT2D eigenvalue weighted by Gasteiger charge is 2.86. The van der Waals surface area contributed by atoms with Gasteiger partial charge in [-0.3, -0.25) is 4.79 Å². The predicted molar refractivity (Wildman–Crippen MR) is 57.1 cm³/mol. The molecule has 1 aliphatic heterocycles. The molecule has 5 heteroatoms. The number of ether oxygens (including phenoxy) is 2. The number of hydrogen-bond acceptors (Lipinski definition) is 4. The molecule has 6 atom stereocenters. The Morgan fingerprint density at radius 3 is 2.94 bits per heavy atom. The molecule has 4 nitrogen and oxygen atoms in total. The lowest BCUT2D eigenvalue weighted by atomic mass is 9.64. The first-order valence-corrected chi connectivity index (χ1v) is 6.46. The van der Waals surface area contributed by atoms with E-state index in [0.717, 1.165) is 12.8 Å². The van der Waals surface area contributed by atoms with Gasteiger partial charge in [-0.2, -0.15) is 0 Å². The van der Waals surface area contributed by atoms with Crippen LogP contribution in [0.1, 0.15) is 26.7 Å². The fourth-order valence-electron chi connectivity index (χ4n) is 4.39. The normalized spacial score (nSPS) is 51.1. The zero-order valence-electron chi connectivity index (χ0n) is 10.3. The second kappa shape index (κ2) is 2.73. The zero-order valence-corrected chi connectivity index (χ0v) is 10.3. The third-order valence-corrected chi connectivity index (χ3v) is 5.25. The Hall–Kier alpha value is -1.13. The molecular formula is C13H15FO4. The van der Waals surface area contributed by atoms with Crippen LogP contribution < -0.4 is 0 Å². The van der Waals surface area contributed by atoms with Gasteiger partial charge in [-0.25, -0.2) is 9.18 Å². The Labute approximate surface area is 104 Å². The Morgan fingerprint density at radius 1 is 1.56 bits per heavy atom. The summed E-state index contributed by atoms with van der Waals surface area (Å²) in [4.78, 5) is 23.3. The monoisotopic (exact) mass is 254 g/mol. The fourth-order valence-corrected chi connectivity index (χ4v) is 4.39. The summed E-state index contributed by atoms with van der Waals surface area (Å²) < 4.78 is 24.1. The van der Waals surface area contributed by atoms with E-state index in [1.807, 2.05) is 0 Å². The van der Waals surface area contributed by atoms with Crippen molar-refractivity contribution in [1.82, 2.24) is 0 Å². The summed E-state index contributed by atoms with van der Waals surface area (Å²) in [5.41, 5.74) is -2.05. The van der Waals surface area contributed by atoms with E-state index in [4.69, 9.17) is 9.47 Å². The summed E-state index contributed by atoms with van der Waals surface area (Å²) >= 11 is 0. The van der Waals surface area contributed by atoms with Crippen LogP contribution in [0.15, 0.2) is 0 Å². The Balaban J connectivity index is 1.58. The quantitative estimate of drug-likeness (QED) is 0.695. The highest BCUT2D eigenvalue weighted by Crippen LogP contribution is 2.80. The molecule has 98 valence electrons. The number of rotatable bonds is 2. The summed E-state index contributed by atoms with van der Waals surface area (Å²) in [6.07, 6.45) is 1.12. The van der Waals surface area contributed by atoms with Crippen LogP contribution in [0.3, 0.4) is 0 Å². The minimum Gasteiger partial charge on any atom is -0.458 e. The van der Waals surface area contributed by atoms with Gasteiger partial charge in [0.25, 0.3) is 0 Å². The molecule has 4 fully saturated rings. The number of carbonyl (C=O) groups is 2. The molecule has 18 heavy (non-hydrogen) atoms. The fraction of sp³-hybridized carbons (Fsp3) is 0.846. The molecule has 1 saturated heterocycles. The number of esters is 2. The van der Waals surface area contributed by atoms with Crippen molar-refractivity contribution in [3.8, 4) is 0 Å². The number of hydrogen-bond donors (Lipinski definition) is 0. The molecular weight excluding hydrogens is 239 g/mol. The van der Waals surface area contributed by atoms with Crippen molar-refractivity contribution < 1.29 is 23.5 Å². The standard InChI is InChI=1S/C13H15FO4/c1-12(2,14)11(16)18-9-8-7-6(10(15)17-8)3-5-4-13(5,7)9/h5-9H,3-4H2,1-2H3. The average molecular weight is 254 g/mol. The zero-order chi connectivity index (χ0) is 12.9. The highest BCUT2D eigenvalue weighted by atomic mass is 19.1. The predicted octanol–water partition coefficient (Wildman–Crippen LogP) is 1.23. The van der Waals surface area contributed by atoms with E-state index in [1.54, 1.807) is 0 Å². The molecule has 6 unspecified atom stereocenters. The van der Waals surface area contributed by atoms with Crippen LogP contribution in [0.2, 0.25) is 0 Å². The van der Waals surface area contributed by atoms with E-state index in [-0.39, 0.29) is 29.3 Å². The van der Waals surface area contributed by atoms with Gasteiger partial charge >= 0.3 is 11.9 Å². The molecule has 4 aliphatic rings. The first-order valence-electron chi connectivity index (χ1n) is 6.46. The number of carbonyl (C=O) groups excluding carboxylic acids is 2. The third-order valence-electron chi connectivity index (χ3n) is 5.25. The van der Waals surface area contributed by atoms with Gasteiger partial charge in [0, 0.05) is 11.3 Å². The van der Waals surface area contributed by atoms with E-state index in [0.29, 0.717) is 5.92 Å². The smallest absolute Gasteiger partial charge is 0.343 e. The van der Waals surface area contributed by atoms with Crippen molar-refractivity contribution in [2.45, 2.75) is 44.6 Å². The van der Waals surface area contributed by atoms with Gasteiger partial charge in [0.2, 0.25) is 5.67 Å². The summed E-state index contributed by atoms with van der Waals surface area (Å²) in [7, 11) is 0. The van der Waals surface area contributed by atoms with Crippen LogP contribution >= 0.6 is 0 Å². The van der Waals surface area contributed by atoms with Crippen molar-refractivity contribution in [3.63, 3.8) is 0 Å². The Kier molecular flexibility index (Phi) is 1.63. The topological polar surface area (TPSA) is 52.6 Å². The maximum absolute atomic E-state index is 13.5. The van der Waals surface area contributed by atoms with Crippen LogP contribution in [-0.4, -0.2) is 29.8 Å². The lowest BCUT2D eigenvalue weighted by Gasteiger charge is -2.46. The van der Waals surface area contributed by atoms with Gasteiger partial charge < -0.3 is 9.47 Å². The molecule has 1 heterocycles. The molecule has 0 aromatic heterocycles. The Morgan fingerprint density at radius 2 is 2.28 bits per heavy atom. The van der Waals surface area contributed by atoms with E-state index in [9.17, 15) is 14.0 Å². The molecule has 4 rings (SSSR count). The first-order chi connectivity index (χ1) is 8.35. The van der Waals surface area contributed by atoms with Crippen LogP contribution in [0.25, 0.3) is 0 Å². The van der Waals surface area contributed by atoms with Gasteiger partial charge in [0.1, 0.15) is 12.2 Å². The molecule has 0 aromatic carbocycles. The van der Waals surface area contributed by atoms with Gasteiger partial charge in [0.15, 0.2) is 0 Å². The van der Waals surface area contributed by atoms with Crippen LogP contribution in [0.4, 0.5) is 4.39 Å². The maximum atomic E-state index is 13.5. The van der Waals surface area contributed by atoms with E-state index in [1.165, 1.54) is 13.8 Å². The molecule has 1 spiro atoms. The van der Waals surface area contributed by atoms with Crippen molar-refractivity contribution in [3.05, 3.63) is 0 Å². The second-order valence-electron chi connectivity index (χ2n) is 6.58. The van der Waals surface area contributed by atoms with Crippen molar-refractivity contribution >= 4 is 11.9 Å².